The van der Waals surface area contributed by atoms with Crippen molar-refractivity contribution in [1.82, 2.24) is 0 Å². The molecule has 6 heteroatoms. The third kappa shape index (κ3) is 3.05. The Balaban J connectivity index is 1.65. The second-order valence-electron chi connectivity index (χ2n) is 4.64. The van der Waals surface area contributed by atoms with Crippen LogP contribution in [0.25, 0.3) is 0 Å². The molecule has 0 amide bonds. The highest BCUT2D eigenvalue weighted by molar-refractivity contribution is 5.50. The molecular weight excluding hydrogens is 272 g/mol. The van der Waals surface area contributed by atoms with E-state index in [-0.39, 0.29) is 5.69 Å². The lowest BCUT2D eigenvalue weighted by Crippen LogP contribution is -2.15. The number of nitro benzene ring substituents is 1. The van der Waals surface area contributed by atoms with E-state index in [0.717, 1.165) is 22.7 Å². The Morgan fingerprint density at radius 1 is 1.05 bits per heavy atom. The Kier molecular flexibility index (Phi) is 3.59. The minimum Gasteiger partial charge on any atom is -0.486 e. The van der Waals surface area contributed by atoms with Gasteiger partial charge in [-0.3, -0.25) is 10.1 Å². The molecule has 1 aliphatic heterocycles. The number of hydrogen-bond acceptors (Lipinski definition) is 5. The van der Waals surface area contributed by atoms with Crippen LogP contribution in [0.3, 0.4) is 0 Å². The van der Waals surface area contributed by atoms with E-state index in [0.29, 0.717) is 19.8 Å². The van der Waals surface area contributed by atoms with E-state index in [1.807, 2.05) is 18.2 Å². The van der Waals surface area contributed by atoms with Gasteiger partial charge >= 0.3 is 0 Å². The molecule has 0 aromatic heterocycles. The van der Waals surface area contributed by atoms with Crippen LogP contribution in [0.15, 0.2) is 42.5 Å². The number of nitrogens with one attached hydrogen (secondary N) is 1. The summed E-state index contributed by atoms with van der Waals surface area (Å²) < 4.78 is 11.0. The number of ether oxygens (including phenoxy) is 2. The summed E-state index contributed by atoms with van der Waals surface area (Å²) in [5.41, 5.74) is 1.97. The Morgan fingerprint density at radius 3 is 2.48 bits per heavy atom. The molecule has 0 fully saturated rings. The lowest BCUT2D eigenvalue weighted by Gasteiger charge is -2.19. The van der Waals surface area contributed by atoms with Gasteiger partial charge < -0.3 is 14.8 Å². The summed E-state index contributed by atoms with van der Waals surface area (Å²) in [5, 5.41) is 13.8. The van der Waals surface area contributed by atoms with E-state index in [4.69, 9.17) is 9.47 Å². The monoisotopic (exact) mass is 286 g/mol. The molecule has 0 bridgehead atoms. The topological polar surface area (TPSA) is 73.6 Å². The standard InChI is InChI=1S/C15H14N2O4/c18-17(19)13-4-2-12(3-5-13)16-10-11-1-6-14-15(9-11)21-8-7-20-14/h1-6,9,16H,7-8,10H2. The molecule has 1 N–H and O–H groups in total. The molecule has 0 unspecified atom stereocenters. The van der Waals surface area contributed by atoms with Gasteiger partial charge in [-0.1, -0.05) is 6.07 Å². The maximum absolute atomic E-state index is 10.6. The fourth-order valence-electron chi connectivity index (χ4n) is 2.10. The van der Waals surface area contributed by atoms with Crippen molar-refractivity contribution in [2.75, 3.05) is 18.5 Å². The molecule has 108 valence electrons. The summed E-state index contributed by atoms with van der Waals surface area (Å²) in [6.45, 7) is 1.74. The molecule has 2 aromatic rings. The van der Waals surface area contributed by atoms with Gasteiger partial charge in [0, 0.05) is 24.4 Å². The Bertz CT molecular complexity index is 655. The summed E-state index contributed by atoms with van der Waals surface area (Å²) >= 11 is 0. The predicted octanol–water partition coefficient (Wildman–Crippen LogP) is 2.98. The van der Waals surface area contributed by atoms with E-state index in [2.05, 4.69) is 5.32 Å². The Morgan fingerprint density at radius 2 is 1.76 bits per heavy atom. The number of rotatable bonds is 4. The molecule has 21 heavy (non-hydrogen) atoms. The van der Waals surface area contributed by atoms with Gasteiger partial charge in [0.05, 0.1) is 4.92 Å². The predicted molar refractivity (Wildman–Crippen MR) is 77.9 cm³/mol. The molecule has 3 rings (SSSR count). The van der Waals surface area contributed by atoms with Crippen LogP contribution in [0.5, 0.6) is 11.5 Å². The van der Waals surface area contributed by atoms with Crippen LogP contribution < -0.4 is 14.8 Å². The average molecular weight is 286 g/mol. The Hall–Kier alpha value is -2.76. The van der Waals surface area contributed by atoms with Crippen molar-refractivity contribution in [3.63, 3.8) is 0 Å². The zero-order chi connectivity index (χ0) is 14.7. The first-order valence-electron chi connectivity index (χ1n) is 6.59. The van der Waals surface area contributed by atoms with Gasteiger partial charge in [-0.05, 0) is 29.8 Å². The van der Waals surface area contributed by atoms with E-state index in [9.17, 15) is 10.1 Å². The van der Waals surface area contributed by atoms with Gasteiger partial charge in [-0.25, -0.2) is 0 Å². The zero-order valence-corrected chi connectivity index (χ0v) is 11.2. The van der Waals surface area contributed by atoms with E-state index in [1.165, 1.54) is 12.1 Å². The molecule has 1 aliphatic rings. The number of hydrogen-bond donors (Lipinski definition) is 1. The second kappa shape index (κ2) is 5.70. The van der Waals surface area contributed by atoms with Crippen molar-refractivity contribution in [3.05, 3.63) is 58.1 Å². The largest absolute Gasteiger partial charge is 0.486 e. The first-order valence-corrected chi connectivity index (χ1v) is 6.59. The third-order valence-corrected chi connectivity index (χ3v) is 3.18. The average Bonchev–Trinajstić information content (AvgIpc) is 2.53. The maximum atomic E-state index is 10.6. The third-order valence-electron chi connectivity index (χ3n) is 3.18. The SMILES string of the molecule is O=[N+]([O-])c1ccc(NCc2ccc3c(c2)OCCO3)cc1. The molecule has 0 aliphatic carbocycles. The fraction of sp³-hybridized carbons (Fsp3) is 0.200. The molecule has 2 aromatic carbocycles. The summed E-state index contributed by atoms with van der Waals surface area (Å²) in [6.07, 6.45) is 0. The van der Waals surface area contributed by atoms with Gasteiger partial charge in [-0.2, -0.15) is 0 Å². The lowest BCUT2D eigenvalue weighted by molar-refractivity contribution is -0.384. The minimum absolute atomic E-state index is 0.0832. The van der Waals surface area contributed by atoms with Crippen molar-refractivity contribution in [2.24, 2.45) is 0 Å². The molecule has 0 atom stereocenters. The zero-order valence-electron chi connectivity index (χ0n) is 11.2. The highest BCUT2D eigenvalue weighted by Crippen LogP contribution is 2.31. The van der Waals surface area contributed by atoms with Crippen molar-refractivity contribution < 1.29 is 14.4 Å². The smallest absolute Gasteiger partial charge is 0.269 e. The van der Waals surface area contributed by atoms with E-state index >= 15 is 0 Å². The molecule has 0 saturated heterocycles. The van der Waals surface area contributed by atoms with Gasteiger partial charge in [-0.15, -0.1) is 0 Å². The molecule has 0 spiro atoms. The normalized spacial score (nSPS) is 12.8. The van der Waals surface area contributed by atoms with Crippen molar-refractivity contribution in [1.29, 1.82) is 0 Å². The molecule has 0 saturated carbocycles. The first-order chi connectivity index (χ1) is 10.2. The molecule has 0 radical (unpaired) electrons. The number of non-ortho nitro benzene ring substituents is 1. The lowest BCUT2D eigenvalue weighted by atomic mass is 10.2. The molecule has 1 heterocycles. The van der Waals surface area contributed by atoms with Gasteiger partial charge in [0.15, 0.2) is 11.5 Å². The van der Waals surface area contributed by atoms with Crippen LogP contribution in [0.2, 0.25) is 0 Å². The van der Waals surface area contributed by atoms with E-state index < -0.39 is 4.92 Å². The van der Waals surface area contributed by atoms with Crippen LogP contribution in [-0.2, 0) is 6.54 Å². The molecule has 6 nitrogen and oxygen atoms in total. The Labute approximate surface area is 121 Å². The fourth-order valence-corrected chi connectivity index (χ4v) is 2.10. The quantitative estimate of drug-likeness (QED) is 0.691. The summed E-state index contributed by atoms with van der Waals surface area (Å²) in [5.74, 6) is 1.52. The van der Waals surface area contributed by atoms with Gasteiger partial charge in [0.1, 0.15) is 13.2 Å². The highest BCUT2D eigenvalue weighted by Gasteiger charge is 2.11. The summed E-state index contributed by atoms with van der Waals surface area (Å²) in [7, 11) is 0. The highest BCUT2D eigenvalue weighted by atomic mass is 16.6. The first kappa shape index (κ1) is 13.2. The van der Waals surface area contributed by atoms with Crippen LogP contribution in [0.4, 0.5) is 11.4 Å². The number of benzene rings is 2. The van der Waals surface area contributed by atoms with Crippen molar-refractivity contribution in [2.45, 2.75) is 6.54 Å². The summed E-state index contributed by atoms with van der Waals surface area (Å²) in [6, 6.07) is 12.1. The van der Waals surface area contributed by atoms with E-state index in [1.54, 1.807) is 12.1 Å². The maximum Gasteiger partial charge on any atom is 0.269 e. The van der Waals surface area contributed by atoms with Gasteiger partial charge in [0.25, 0.3) is 5.69 Å². The van der Waals surface area contributed by atoms with Crippen LogP contribution in [0.1, 0.15) is 5.56 Å². The van der Waals surface area contributed by atoms with Crippen molar-refractivity contribution in [3.8, 4) is 11.5 Å². The van der Waals surface area contributed by atoms with Gasteiger partial charge in [0.2, 0.25) is 0 Å². The van der Waals surface area contributed by atoms with Crippen molar-refractivity contribution >= 4 is 11.4 Å². The molecular formula is C15H14N2O4. The van der Waals surface area contributed by atoms with Crippen LogP contribution in [0, 0.1) is 10.1 Å². The van der Waals surface area contributed by atoms with Crippen LogP contribution in [-0.4, -0.2) is 18.1 Å². The minimum atomic E-state index is -0.412. The number of fused-ring (bicyclic) bond motifs is 1. The number of anilines is 1. The summed E-state index contributed by atoms with van der Waals surface area (Å²) in [4.78, 5) is 10.2. The van der Waals surface area contributed by atoms with Crippen LogP contribution >= 0.6 is 0 Å². The second-order valence-corrected chi connectivity index (χ2v) is 4.64. The number of nitrogens with zero attached hydrogens (tertiary/aromatic N) is 1. The number of nitro groups is 1.